The zero-order valence-corrected chi connectivity index (χ0v) is 60.8. The van der Waals surface area contributed by atoms with Crippen molar-refractivity contribution in [2.45, 2.75) is 206 Å². The SMILES string of the molecule is CCCCN(CC)c1ccc(/C=c2\c(Cl)c(C(=O)OC3C(C)CC(C)CC3C)c3nc(-c4ccncc4C)nn23)c(C)c1.[C-]#[N+]c1c(C(=O)OC2C(C)CC(C)CC2C)c2nc(-c3cc(OCCCCCCCC)ccc3C)nn2/c1=C/c1ccc(N(CC)CCCC)cc1C. The molecular formula is C80H105ClN10O5. The van der Waals surface area contributed by atoms with Crippen molar-refractivity contribution in [2.75, 3.05) is 42.6 Å². The zero-order chi connectivity index (χ0) is 68.9. The number of hydrogen-bond acceptors (Lipinski definition) is 12. The van der Waals surface area contributed by atoms with E-state index in [4.69, 9.17) is 52.5 Å². The summed E-state index contributed by atoms with van der Waals surface area (Å²) in [5.74, 6) is 3.01. The number of rotatable bonds is 26. The maximum Gasteiger partial charge on any atom is 0.343 e. The number of halogens is 1. The Kier molecular flexibility index (Phi) is 25.2. The Hall–Kier alpha value is -7.83. The number of carbonyl (C=O) groups is 2. The van der Waals surface area contributed by atoms with Crippen molar-refractivity contribution >= 4 is 64.0 Å². The standard InChI is InChI=1S/C45H61N5O3.C35H44ClN5O2/c1-10-13-15-16-17-18-24-52-37-22-19-31(5)38(29-37)43-47-44-40(45(51)53-42-33(7)25-30(4)26-34(42)8)41(46-9)39(50(44)48-43)28-35-20-21-36(27-32(35)6)49(12-3)23-14-11-2;1-8-10-15-40(9-2)27-12-11-26(22(4)18-27)19-29-31(36)30(35(42)43-32-23(5)16-21(3)17-24(32)6)34-38-33(39-41(29)34)28-13-14-37-20-25(28)7/h19-22,27-30,33-34,42H,10-18,23-26H2,1-8H3;11-14,18-21,23-24,32H,8-10,15-17H2,1-7H3/b39-28+;29-19+. The van der Waals surface area contributed by atoms with E-state index in [1.54, 1.807) is 21.4 Å². The molecule has 0 bridgehead atoms. The van der Waals surface area contributed by atoms with Gasteiger partial charge >= 0.3 is 11.9 Å². The van der Waals surface area contributed by atoms with Crippen LogP contribution in [-0.2, 0) is 9.47 Å². The average molecular weight is 1320 g/mol. The van der Waals surface area contributed by atoms with Gasteiger partial charge < -0.3 is 24.0 Å². The van der Waals surface area contributed by atoms with Gasteiger partial charge in [-0.3, -0.25) is 4.98 Å². The molecule has 512 valence electrons. The Bertz CT molecular complexity index is 4110. The van der Waals surface area contributed by atoms with E-state index in [2.05, 4.69) is 146 Å². The molecule has 5 aromatic heterocycles. The first-order valence-electron chi connectivity index (χ1n) is 35.9. The van der Waals surface area contributed by atoms with E-state index in [-0.39, 0.29) is 52.7 Å². The van der Waals surface area contributed by atoms with Gasteiger partial charge in [-0.1, -0.05) is 137 Å². The van der Waals surface area contributed by atoms with Gasteiger partial charge in [-0.25, -0.2) is 33.4 Å². The Morgan fingerprint density at radius 2 is 1.07 bits per heavy atom. The summed E-state index contributed by atoms with van der Waals surface area (Å²) in [7, 11) is 0. The quantitative estimate of drug-likeness (QED) is 0.0289. The Morgan fingerprint density at radius 1 is 0.583 bits per heavy atom. The van der Waals surface area contributed by atoms with Crippen LogP contribution in [0, 0.1) is 69.8 Å². The van der Waals surface area contributed by atoms with Gasteiger partial charge in [0.05, 0.1) is 28.9 Å². The molecule has 5 heterocycles. The molecule has 0 aliphatic heterocycles. The van der Waals surface area contributed by atoms with E-state index >= 15 is 0 Å². The maximum atomic E-state index is 14.3. The van der Waals surface area contributed by atoms with Crippen LogP contribution in [0.3, 0.4) is 0 Å². The van der Waals surface area contributed by atoms with Crippen molar-refractivity contribution in [3.05, 3.63) is 145 Å². The van der Waals surface area contributed by atoms with Crippen molar-refractivity contribution in [1.82, 2.24) is 34.2 Å². The van der Waals surface area contributed by atoms with Crippen LogP contribution in [0.5, 0.6) is 5.75 Å². The summed E-state index contributed by atoms with van der Waals surface area (Å²) in [6.07, 6.45) is 23.0. The number of unbranched alkanes of at least 4 members (excludes halogenated alkanes) is 7. The second-order valence-electron chi connectivity index (χ2n) is 28.0. The number of ether oxygens (including phenoxy) is 3. The third-order valence-electron chi connectivity index (χ3n) is 20.0. The fourth-order valence-electron chi connectivity index (χ4n) is 14.8. The van der Waals surface area contributed by atoms with Crippen LogP contribution in [0.1, 0.15) is 220 Å². The second kappa shape index (κ2) is 33.4. The summed E-state index contributed by atoms with van der Waals surface area (Å²) >= 11 is 7.04. The highest BCUT2D eigenvalue weighted by molar-refractivity contribution is 6.34. The summed E-state index contributed by atoms with van der Waals surface area (Å²) < 4.78 is 22.1. The predicted octanol–water partition coefficient (Wildman–Crippen LogP) is 18.2. The largest absolute Gasteiger partial charge is 0.494 e. The summed E-state index contributed by atoms with van der Waals surface area (Å²) in [5, 5.41) is 11.3. The maximum absolute atomic E-state index is 14.3. The molecule has 0 amide bonds. The molecule has 4 unspecified atom stereocenters. The van der Waals surface area contributed by atoms with Crippen molar-refractivity contribution in [1.29, 1.82) is 0 Å². The number of benzene rings is 3. The monoisotopic (exact) mass is 1320 g/mol. The van der Waals surface area contributed by atoms with E-state index in [1.807, 2.05) is 50.3 Å². The molecule has 0 spiro atoms. The third kappa shape index (κ3) is 16.8. The molecule has 2 aliphatic rings. The first kappa shape index (κ1) is 72.4. The fourth-order valence-corrected chi connectivity index (χ4v) is 15.1. The van der Waals surface area contributed by atoms with E-state index in [0.29, 0.717) is 57.1 Å². The van der Waals surface area contributed by atoms with Gasteiger partial charge in [0.2, 0.25) is 5.69 Å². The molecule has 4 atom stereocenters. The molecular weight excluding hydrogens is 1220 g/mol. The van der Waals surface area contributed by atoms with E-state index in [0.717, 1.165) is 141 Å². The number of hydrogen-bond donors (Lipinski definition) is 0. The molecule has 15 nitrogen and oxygen atoms in total. The topological polar surface area (TPSA) is 146 Å². The van der Waals surface area contributed by atoms with Crippen LogP contribution in [0.15, 0.2) is 73.1 Å². The second-order valence-corrected chi connectivity index (χ2v) is 28.3. The van der Waals surface area contributed by atoms with E-state index in [1.165, 1.54) is 37.1 Å². The minimum Gasteiger partial charge on any atom is -0.494 e. The Morgan fingerprint density at radius 3 is 1.58 bits per heavy atom. The normalized spacial score (nSPS) is 19.9. The number of fused-ring (bicyclic) bond motifs is 2. The van der Waals surface area contributed by atoms with Gasteiger partial charge in [-0.15, -0.1) is 10.2 Å². The van der Waals surface area contributed by atoms with Gasteiger partial charge in [0.25, 0.3) is 0 Å². The van der Waals surface area contributed by atoms with Crippen LogP contribution in [-0.4, -0.2) is 91.1 Å². The number of esters is 2. The van der Waals surface area contributed by atoms with Crippen LogP contribution in [0.25, 0.3) is 51.1 Å². The number of carbonyl (C=O) groups excluding carboxylic acids is 2. The molecule has 2 fully saturated rings. The van der Waals surface area contributed by atoms with Gasteiger partial charge in [0, 0.05) is 61.1 Å². The van der Waals surface area contributed by atoms with Crippen LogP contribution in [0.2, 0.25) is 5.02 Å². The van der Waals surface area contributed by atoms with Gasteiger partial charge in [-0.2, -0.15) is 0 Å². The molecule has 96 heavy (non-hydrogen) atoms. The van der Waals surface area contributed by atoms with Crippen LogP contribution >= 0.6 is 11.6 Å². The molecule has 2 aliphatic carbocycles. The smallest absolute Gasteiger partial charge is 0.343 e. The van der Waals surface area contributed by atoms with E-state index in [9.17, 15) is 9.59 Å². The summed E-state index contributed by atoms with van der Waals surface area (Å²) in [6.45, 7) is 45.3. The number of pyridine rings is 1. The average Bonchev–Trinajstić information content (AvgIpc) is 1.59. The molecule has 3 aromatic carbocycles. The summed E-state index contributed by atoms with van der Waals surface area (Å²) in [4.78, 5) is 50.9. The molecule has 8 aromatic rings. The van der Waals surface area contributed by atoms with Crippen molar-refractivity contribution in [3.63, 3.8) is 0 Å². The molecule has 16 heteroatoms. The number of aryl methyl sites for hydroxylation is 4. The van der Waals surface area contributed by atoms with E-state index < -0.39 is 11.9 Å². The first-order chi connectivity index (χ1) is 46.2. The first-order valence-corrected chi connectivity index (χ1v) is 36.3. The van der Waals surface area contributed by atoms with Gasteiger partial charge in [0.1, 0.15) is 29.1 Å². The lowest BCUT2D eigenvalue weighted by Gasteiger charge is -2.37. The minimum atomic E-state index is -0.507. The number of aromatic nitrogens is 7. The highest BCUT2D eigenvalue weighted by atomic mass is 35.5. The highest BCUT2D eigenvalue weighted by Crippen LogP contribution is 2.39. The van der Waals surface area contributed by atoms with Gasteiger partial charge in [-0.05, 0) is 210 Å². The van der Waals surface area contributed by atoms with Crippen LogP contribution in [0.4, 0.5) is 17.1 Å². The predicted molar refractivity (Wildman–Crippen MR) is 392 cm³/mol. The minimum absolute atomic E-state index is 0.170. The van der Waals surface area contributed by atoms with Crippen LogP contribution < -0.4 is 25.2 Å². The lowest BCUT2D eigenvalue weighted by molar-refractivity contribution is -0.0253. The summed E-state index contributed by atoms with van der Waals surface area (Å²) in [5.41, 5.74) is 11.6. The molecule has 2 saturated carbocycles. The molecule has 0 radical (unpaired) electrons. The number of anilines is 2. The Balaban J connectivity index is 0.000000230. The van der Waals surface area contributed by atoms with Crippen molar-refractivity contribution in [3.8, 4) is 28.5 Å². The zero-order valence-electron chi connectivity index (χ0n) is 60.0. The molecule has 0 N–H and O–H groups in total. The number of nitrogens with zero attached hydrogens (tertiary/aromatic N) is 10. The lowest BCUT2D eigenvalue weighted by atomic mass is 9.75. The molecule has 10 rings (SSSR count). The van der Waals surface area contributed by atoms with Crippen molar-refractivity contribution in [2.24, 2.45) is 35.5 Å². The van der Waals surface area contributed by atoms with Gasteiger partial charge in [0.15, 0.2) is 22.9 Å². The summed E-state index contributed by atoms with van der Waals surface area (Å²) in [6, 6.07) is 20.8. The Labute approximate surface area is 576 Å². The fraction of sp³-hybridized carbons (Fsp3) is 0.525. The third-order valence-corrected chi connectivity index (χ3v) is 20.4. The molecule has 0 saturated heterocycles. The lowest BCUT2D eigenvalue weighted by Crippen LogP contribution is -2.37. The van der Waals surface area contributed by atoms with Crippen molar-refractivity contribution < 1.29 is 23.8 Å². The highest BCUT2D eigenvalue weighted by Gasteiger charge is 2.38.